The van der Waals surface area contributed by atoms with Crippen LogP contribution < -0.4 is 0 Å². The number of hydrogen-bond acceptors (Lipinski definition) is 2. The number of rotatable bonds is 2. The Morgan fingerprint density at radius 3 is 2.32 bits per heavy atom. The first-order chi connectivity index (χ1) is 8.57. The van der Waals surface area contributed by atoms with E-state index in [0.29, 0.717) is 11.8 Å². The number of nitrogens with zero attached hydrogens (tertiary/aromatic N) is 1. The summed E-state index contributed by atoms with van der Waals surface area (Å²) >= 11 is 3.61. The number of carbonyl (C=O) groups is 1. The predicted molar refractivity (Wildman–Crippen MR) is 82.7 cm³/mol. The third-order valence-corrected chi connectivity index (χ3v) is 5.35. The van der Waals surface area contributed by atoms with E-state index in [-0.39, 0.29) is 11.5 Å². The van der Waals surface area contributed by atoms with Gasteiger partial charge in [0.1, 0.15) is 5.60 Å². The number of amides is 1. The lowest BCUT2D eigenvalue weighted by atomic mass is 9.70. The molecule has 4 heteroatoms. The fraction of sp³-hybridized carbons (Fsp3) is 0.933. The van der Waals surface area contributed by atoms with Crippen molar-refractivity contribution in [1.29, 1.82) is 0 Å². The van der Waals surface area contributed by atoms with E-state index in [2.05, 4.69) is 36.7 Å². The maximum Gasteiger partial charge on any atom is 0.410 e. The average Bonchev–Trinajstić information content (AvgIpc) is 2.26. The molecule has 0 aromatic carbocycles. The van der Waals surface area contributed by atoms with Crippen molar-refractivity contribution in [2.24, 2.45) is 17.3 Å². The van der Waals surface area contributed by atoms with Gasteiger partial charge in [0.2, 0.25) is 0 Å². The normalized spacial score (nSPS) is 25.3. The monoisotopic (exact) mass is 333 g/mol. The van der Waals surface area contributed by atoms with Crippen LogP contribution in [0.3, 0.4) is 0 Å². The molecule has 2 atom stereocenters. The highest BCUT2D eigenvalue weighted by Gasteiger charge is 2.38. The number of piperidine rings is 1. The number of hydrogen-bond donors (Lipinski definition) is 0. The van der Waals surface area contributed by atoms with Crippen LogP contribution in [-0.2, 0) is 4.74 Å². The molecule has 0 spiro atoms. The Labute approximate surface area is 126 Å². The molecule has 0 aliphatic carbocycles. The third kappa shape index (κ3) is 4.66. The van der Waals surface area contributed by atoms with Crippen LogP contribution in [0.2, 0.25) is 0 Å². The van der Waals surface area contributed by atoms with Crippen LogP contribution >= 0.6 is 15.9 Å². The highest BCUT2D eigenvalue weighted by Crippen LogP contribution is 2.39. The van der Waals surface area contributed by atoms with Gasteiger partial charge in [-0.1, -0.05) is 36.7 Å². The lowest BCUT2D eigenvalue weighted by molar-refractivity contribution is 0.00143. The van der Waals surface area contributed by atoms with Crippen molar-refractivity contribution >= 4 is 22.0 Å². The number of ether oxygens (including phenoxy) is 1. The predicted octanol–water partition coefficient (Wildman–Crippen LogP) is 4.30. The van der Waals surface area contributed by atoms with Crippen molar-refractivity contribution in [3.05, 3.63) is 0 Å². The van der Waals surface area contributed by atoms with E-state index in [1.807, 2.05) is 25.7 Å². The molecule has 1 saturated heterocycles. The lowest BCUT2D eigenvalue weighted by Crippen LogP contribution is -2.48. The molecule has 2 unspecified atom stereocenters. The van der Waals surface area contributed by atoms with Gasteiger partial charge in [0.25, 0.3) is 0 Å². The van der Waals surface area contributed by atoms with Gasteiger partial charge in [0.15, 0.2) is 0 Å². The van der Waals surface area contributed by atoms with Gasteiger partial charge in [-0.05, 0) is 44.4 Å². The van der Waals surface area contributed by atoms with E-state index in [4.69, 9.17) is 4.74 Å². The summed E-state index contributed by atoms with van der Waals surface area (Å²) in [5.41, 5.74) is -0.133. The second-order valence-corrected chi connectivity index (χ2v) is 7.98. The minimum atomic E-state index is -0.410. The zero-order valence-corrected chi connectivity index (χ0v) is 14.7. The van der Waals surface area contributed by atoms with Crippen LogP contribution in [0.25, 0.3) is 0 Å². The number of halogens is 1. The smallest absolute Gasteiger partial charge is 0.410 e. The van der Waals surface area contributed by atoms with E-state index in [1.165, 1.54) is 0 Å². The molecule has 0 radical (unpaired) electrons. The van der Waals surface area contributed by atoms with Crippen molar-refractivity contribution < 1.29 is 9.53 Å². The van der Waals surface area contributed by atoms with Gasteiger partial charge in [0.05, 0.1) is 0 Å². The summed E-state index contributed by atoms with van der Waals surface area (Å²) in [6, 6.07) is 0. The van der Waals surface area contributed by atoms with Gasteiger partial charge in [0, 0.05) is 18.4 Å². The van der Waals surface area contributed by atoms with Gasteiger partial charge >= 0.3 is 6.09 Å². The van der Waals surface area contributed by atoms with Crippen molar-refractivity contribution in [3.63, 3.8) is 0 Å². The fourth-order valence-electron chi connectivity index (χ4n) is 2.90. The molecular formula is C15H28BrNO2. The van der Waals surface area contributed by atoms with Gasteiger partial charge in [-0.2, -0.15) is 0 Å². The molecule has 1 amide bonds. The molecule has 0 aromatic rings. The molecule has 19 heavy (non-hydrogen) atoms. The van der Waals surface area contributed by atoms with E-state index >= 15 is 0 Å². The summed E-state index contributed by atoms with van der Waals surface area (Å²) in [5, 5.41) is 1.00. The molecule has 0 saturated carbocycles. The molecule has 0 bridgehead atoms. The first kappa shape index (κ1) is 16.8. The highest BCUT2D eigenvalue weighted by molar-refractivity contribution is 9.09. The minimum absolute atomic E-state index is 0.172. The maximum atomic E-state index is 12.1. The summed E-state index contributed by atoms with van der Waals surface area (Å²) in [6.45, 7) is 14.2. The van der Waals surface area contributed by atoms with Crippen molar-refractivity contribution in [2.45, 2.75) is 53.6 Å². The van der Waals surface area contributed by atoms with E-state index in [1.54, 1.807) is 0 Å². The van der Waals surface area contributed by atoms with Crippen LogP contribution in [0.1, 0.15) is 48.0 Å². The van der Waals surface area contributed by atoms with Crippen LogP contribution in [-0.4, -0.2) is 35.0 Å². The number of likely N-dealkylation sites (tertiary alicyclic amines) is 1. The quantitative estimate of drug-likeness (QED) is 0.705. The third-order valence-electron chi connectivity index (χ3n) is 3.91. The summed E-state index contributed by atoms with van der Waals surface area (Å²) in [4.78, 5) is 13.9. The molecule has 112 valence electrons. The fourth-order valence-corrected chi connectivity index (χ4v) is 3.31. The first-order valence-corrected chi connectivity index (χ1v) is 8.23. The highest BCUT2D eigenvalue weighted by atomic mass is 79.9. The van der Waals surface area contributed by atoms with E-state index < -0.39 is 5.60 Å². The topological polar surface area (TPSA) is 29.5 Å². The van der Waals surface area contributed by atoms with Gasteiger partial charge < -0.3 is 9.64 Å². The zero-order valence-electron chi connectivity index (χ0n) is 13.1. The van der Waals surface area contributed by atoms with Crippen LogP contribution in [0, 0.1) is 17.3 Å². The molecule has 1 rings (SSSR count). The maximum absolute atomic E-state index is 12.1. The Morgan fingerprint density at radius 1 is 1.32 bits per heavy atom. The number of alkyl halides is 1. The molecule has 1 aliphatic rings. The van der Waals surface area contributed by atoms with Crippen molar-refractivity contribution in [1.82, 2.24) is 4.90 Å². The van der Waals surface area contributed by atoms with Crippen LogP contribution in [0.4, 0.5) is 4.79 Å². The molecule has 1 fully saturated rings. The largest absolute Gasteiger partial charge is 0.444 e. The Hall–Kier alpha value is -0.250. The van der Waals surface area contributed by atoms with E-state index in [9.17, 15) is 4.79 Å². The lowest BCUT2D eigenvalue weighted by Gasteiger charge is -2.44. The first-order valence-electron chi connectivity index (χ1n) is 7.11. The molecular weight excluding hydrogens is 306 g/mol. The minimum Gasteiger partial charge on any atom is -0.444 e. The SMILES string of the molecule is CC1CN(C(=O)OC(C)(C)C)CCC1C(C)(C)CBr. The standard InChI is InChI=1S/C15H28BrNO2/c1-11-9-17(13(18)19-14(2,3)4)8-7-12(11)15(5,6)10-16/h11-12H,7-10H2,1-6H3. The average molecular weight is 334 g/mol. The molecule has 0 aromatic heterocycles. The Morgan fingerprint density at radius 2 is 1.89 bits per heavy atom. The molecule has 0 N–H and O–H groups in total. The summed E-state index contributed by atoms with van der Waals surface area (Å²) in [7, 11) is 0. The second kappa shape index (κ2) is 6.02. The van der Waals surface area contributed by atoms with Gasteiger partial charge in [-0.25, -0.2) is 4.79 Å². The Balaban J connectivity index is 2.61. The van der Waals surface area contributed by atoms with Gasteiger partial charge in [-0.15, -0.1) is 0 Å². The summed E-state index contributed by atoms with van der Waals surface area (Å²) in [6.07, 6.45) is 0.883. The second-order valence-electron chi connectivity index (χ2n) is 7.42. The van der Waals surface area contributed by atoms with Crippen LogP contribution in [0.15, 0.2) is 0 Å². The number of carbonyl (C=O) groups excluding carboxylic acids is 1. The molecule has 1 aliphatic heterocycles. The summed E-state index contributed by atoms with van der Waals surface area (Å²) < 4.78 is 5.45. The van der Waals surface area contributed by atoms with Crippen LogP contribution in [0.5, 0.6) is 0 Å². The molecule has 1 heterocycles. The molecule has 3 nitrogen and oxygen atoms in total. The zero-order chi connectivity index (χ0) is 14.8. The summed E-state index contributed by atoms with van der Waals surface area (Å²) in [5.74, 6) is 1.15. The van der Waals surface area contributed by atoms with Gasteiger partial charge in [-0.3, -0.25) is 0 Å². The van der Waals surface area contributed by atoms with Crippen molar-refractivity contribution in [2.75, 3.05) is 18.4 Å². The van der Waals surface area contributed by atoms with Crippen molar-refractivity contribution in [3.8, 4) is 0 Å². The van der Waals surface area contributed by atoms with E-state index in [0.717, 1.165) is 24.8 Å². The Kier molecular flexibility index (Phi) is 5.33. The Bertz CT molecular complexity index is 323.